The van der Waals surface area contributed by atoms with Crippen molar-refractivity contribution in [2.75, 3.05) is 19.8 Å². The van der Waals surface area contributed by atoms with E-state index in [-0.39, 0.29) is 29.9 Å². The number of nitrogens with one attached hydrogen (secondary N) is 1. The molecule has 31 heavy (non-hydrogen) atoms. The first-order valence-electron chi connectivity index (χ1n) is 8.95. The van der Waals surface area contributed by atoms with Gasteiger partial charge in [-0.2, -0.15) is 0 Å². The van der Waals surface area contributed by atoms with Crippen LogP contribution in [-0.4, -0.2) is 80.9 Å². The molecule has 0 amide bonds. The molecule has 2 heterocycles. The molecular weight excluding hydrogens is 466 g/mol. The Morgan fingerprint density at radius 3 is 1.97 bits per heavy atom. The van der Waals surface area contributed by atoms with Crippen molar-refractivity contribution in [2.24, 2.45) is 17.8 Å². The number of carbonyl (C=O) groups is 1. The van der Waals surface area contributed by atoms with Crippen molar-refractivity contribution in [3.63, 3.8) is 0 Å². The van der Waals surface area contributed by atoms with E-state index in [4.69, 9.17) is 9.47 Å². The summed E-state index contributed by atoms with van der Waals surface area (Å²) in [6.45, 7) is 5.81. The molecule has 2 rings (SSSR count). The topological polar surface area (TPSA) is 257 Å². The standard InChI is InChI=1S/C8H14O3.C7H15NO8S2.2H2O/c1-5-3-7(8(9)10)11-4-6(5)2;1-5-2-6(3-16-18(12,13)14)15-4-7(5)8-17(9,10)11;;/h5-7H,3-4H2,1-2H3,(H,9,10);5-8H,2-4H2,1H3,(H,9,10,11)(H,12,13,14);2*1H2/p-3. The van der Waals surface area contributed by atoms with Crippen molar-refractivity contribution in [3.8, 4) is 0 Å². The van der Waals surface area contributed by atoms with Crippen molar-refractivity contribution in [1.82, 2.24) is 4.72 Å². The Kier molecular flexibility index (Phi) is 14.1. The molecule has 0 aliphatic carbocycles. The van der Waals surface area contributed by atoms with Crippen LogP contribution in [0.2, 0.25) is 0 Å². The monoisotopic (exact) mass is 496 g/mol. The molecule has 0 spiro atoms. The number of carbonyl (C=O) groups excluding carboxylic acids is 1. The third-order valence-corrected chi connectivity index (χ3v) is 5.92. The molecule has 2 aliphatic heterocycles. The zero-order valence-corrected chi connectivity index (χ0v) is 18.9. The highest BCUT2D eigenvalue weighted by molar-refractivity contribution is 7.83. The molecule has 0 aromatic heterocycles. The summed E-state index contributed by atoms with van der Waals surface area (Å²) < 4.78 is 78.4. The average Bonchev–Trinajstić information content (AvgIpc) is 2.56. The van der Waals surface area contributed by atoms with Gasteiger partial charge in [0.25, 0.3) is 0 Å². The van der Waals surface area contributed by atoms with Crippen molar-refractivity contribution < 1.29 is 60.5 Å². The van der Waals surface area contributed by atoms with Crippen molar-refractivity contribution in [1.29, 1.82) is 0 Å². The zero-order chi connectivity index (χ0) is 22.4. The summed E-state index contributed by atoms with van der Waals surface area (Å²) in [7, 11) is -9.34. The summed E-state index contributed by atoms with van der Waals surface area (Å²) >= 11 is 0. The van der Waals surface area contributed by atoms with Crippen LogP contribution in [0.15, 0.2) is 0 Å². The zero-order valence-electron chi connectivity index (χ0n) is 17.3. The van der Waals surface area contributed by atoms with Gasteiger partial charge >= 0.3 is 0 Å². The van der Waals surface area contributed by atoms with E-state index in [0.29, 0.717) is 24.9 Å². The lowest BCUT2D eigenvalue weighted by atomic mass is 9.89. The van der Waals surface area contributed by atoms with E-state index in [0.717, 1.165) is 0 Å². The molecule has 6 atom stereocenters. The minimum atomic E-state index is -4.77. The Morgan fingerprint density at radius 1 is 0.968 bits per heavy atom. The van der Waals surface area contributed by atoms with Crippen molar-refractivity contribution in [3.05, 3.63) is 0 Å². The number of ether oxygens (including phenoxy) is 2. The second-order valence-electron chi connectivity index (χ2n) is 7.37. The minimum absolute atomic E-state index is 0. The molecule has 0 radical (unpaired) electrons. The van der Waals surface area contributed by atoms with Gasteiger partial charge in [0.15, 0.2) is 10.3 Å². The molecule has 14 nitrogen and oxygen atoms in total. The largest absolute Gasteiger partial charge is 0.735 e. The first-order chi connectivity index (χ1) is 13.2. The fraction of sp³-hybridized carbons (Fsp3) is 0.933. The third-order valence-electron chi connectivity index (χ3n) is 4.91. The van der Waals surface area contributed by atoms with Crippen LogP contribution in [0.25, 0.3) is 0 Å². The minimum Gasteiger partial charge on any atom is -0.735 e. The first-order valence-corrected chi connectivity index (χ1v) is 11.7. The molecule has 0 saturated carbocycles. The van der Waals surface area contributed by atoms with E-state index >= 15 is 0 Å². The Labute approximate surface area is 181 Å². The normalized spacial score (nSPS) is 31.3. The van der Waals surface area contributed by atoms with Crippen molar-refractivity contribution >= 4 is 26.7 Å². The summed E-state index contributed by atoms with van der Waals surface area (Å²) in [6.07, 6.45) is -0.455. The number of carboxylic acid groups (broad SMARTS) is 1. The van der Waals surface area contributed by atoms with Gasteiger partial charge in [0.2, 0.25) is 10.4 Å². The maximum absolute atomic E-state index is 10.5. The highest BCUT2D eigenvalue weighted by Gasteiger charge is 2.29. The Balaban J connectivity index is 0. The van der Waals surface area contributed by atoms with Crippen LogP contribution in [0.3, 0.4) is 0 Å². The molecule has 2 aliphatic rings. The quantitative estimate of drug-likeness (QED) is 0.278. The smallest absolute Gasteiger partial charge is 0.217 e. The first kappa shape index (κ1) is 32.2. The van der Waals surface area contributed by atoms with Crippen molar-refractivity contribution in [2.45, 2.75) is 51.9 Å². The molecule has 0 aromatic carbocycles. The molecular formula is C15H30NO13S2-3. The van der Waals surface area contributed by atoms with E-state index in [1.54, 1.807) is 6.92 Å². The molecule has 16 heteroatoms. The number of carboxylic acids is 1. The summed E-state index contributed by atoms with van der Waals surface area (Å²) in [5.41, 5.74) is 0. The molecule has 0 aromatic rings. The number of aliphatic carboxylic acids is 1. The Morgan fingerprint density at radius 2 is 1.55 bits per heavy atom. The Hall–Kier alpha value is -0.950. The summed E-state index contributed by atoms with van der Waals surface area (Å²) in [6, 6.07) is -0.674. The van der Waals surface area contributed by atoms with Crippen LogP contribution >= 0.6 is 0 Å². The van der Waals surface area contributed by atoms with Crippen LogP contribution in [0.4, 0.5) is 0 Å². The SMILES string of the molecule is CC1CC(COS(=O)(=O)[O-])OCC1NS(=O)(=O)[O-].CC1COC(C(=O)[O-])CC1C.O.O. The van der Waals surface area contributed by atoms with E-state index < -0.39 is 51.5 Å². The van der Waals surface area contributed by atoms with Crippen LogP contribution in [0, 0.1) is 17.8 Å². The molecule has 2 saturated heterocycles. The Bertz CT molecular complexity index is 742. The predicted octanol–water partition coefficient (Wildman–Crippen LogP) is -3.55. The van der Waals surface area contributed by atoms with Crippen LogP contribution < -0.4 is 9.83 Å². The third kappa shape index (κ3) is 13.3. The fourth-order valence-electron chi connectivity index (χ4n) is 2.90. The van der Waals surface area contributed by atoms with Crippen LogP contribution in [0.5, 0.6) is 0 Å². The van der Waals surface area contributed by atoms with Gasteiger partial charge < -0.3 is 39.4 Å². The van der Waals surface area contributed by atoms with E-state index in [9.17, 15) is 35.8 Å². The number of hydrogen-bond donors (Lipinski definition) is 1. The summed E-state index contributed by atoms with van der Waals surface area (Å²) in [4.78, 5) is 10.4. The summed E-state index contributed by atoms with van der Waals surface area (Å²) in [5, 5.41) is 10.4. The lowest BCUT2D eigenvalue weighted by molar-refractivity contribution is -0.319. The second-order valence-corrected chi connectivity index (χ2v) is 9.57. The van der Waals surface area contributed by atoms with E-state index in [1.165, 1.54) is 0 Å². The lowest BCUT2D eigenvalue weighted by Gasteiger charge is -2.35. The molecule has 6 unspecified atom stereocenters. The van der Waals surface area contributed by atoms with E-state index in [2.05, 4.69) is 11.1 Å². The number of hydrogen-bond acceptors (Lipinski definition) is 11. The average molecular weight is 497 g/mol. The summed E-state index contributed by atoms with van der Waals surface area (Å²) in [5.74, 6) is -0.438. The van der Waals surface area contributed by atoms with E-state index in [1.807, 2.05) is 11.6 Å². The van der Waals surface area contributed by atoms with Gasteiger partial charge in [0, 0.05) is 6.04 Å². The lowest BCUT2D eigenvalue weighted by Crippen LogP contribution is -2.48. The second kappa shape index (κ2) is 13.6. The van der Waals surface area contributed by atoms with Gasteiger partial charge in [-0.1, -0.05) is 20.8 Å². The highest BCUT2D eigenvalue weighted by atomic mass is 32.3. The van der Waals surface area contributed by atoms with Gasteiger partial charge in [0.05, 0.1) is 38.0 Å². The maximum Gasteiger partial charge on any atom is 0.217 e. The van der Waals surface area contributed by atoms with Gasteiger partial charge in [0.1, 0.15) is 0 Å². The number of rotatable bonds is 6. The molecule has 0 bridgehead atoms. The van der Waals surface area contributed by atoms with Crippen LogP contribution in [-0.2, 0) is 39.2 Å². The molecule has 2 fully saturated rings. The molecule has 188 valence electrons. The van der Waals surface area contributed by atoms with Gasteiger partial charge in [-0.3, -0.25) is 4.18 Å². The van der Waals surface area contributed by atoms with Crippen LogP contribution in [0.1, 0.15) is 33.6 Å². The maximum atomic E-state index is 10.5. The highest BCUT2D eigenvalue weighted by Crippen LogP contribution is 2.24. The fourth-order valence-corrected chi connectivity index (χ4v) is 3.89. The van der Waals surface area contributed by atoms with Gasteiger partial charge in [-0.15, -0.1) is 0 Å². The van der Waals surface area contributed by atoms with Gasteiger partial charge in [-0.25, -0.2) is 21.6 Å². The van der Waals surface area contributed by atoms with Gasteiger partial charge in [-0.05, 0) is 30.6 Å². The predicted molar refractivity (Wildman–Crippen MR) is 101 cm³/mol. The molecule has 5 N–H and O–H groups in total.